The van der Waals surface area contributed by atoms with Crippen LogP contribution in [0.1, 0.15) is 49.7 Å². The van der Waals surface area contributed by atoms with Crippen molar-refractivity contribution >= 4 is 17.6 Å². The van der Waals surface area contributed by atoms with E-state index in [9.17, 15) is 27.9 Å². The SMILES string of the molecule is CCCN1CCC(C(=O)N2CC(c3ccc(C(F)(F)F)cc3N3CCC(C(=O)O)CC3)[C@@H](COC)C2)C1.COc1ccccc1. The number of likely N-dealkylation sites (tertiary alicyclic amines) is 2. The van der Waals surface area contributed by atoms with E-state index < -0.39 is 23.6 Å². The van der Waals surface area contributed by atoms with Crippen molar-refractivity contribution in [2.75, 3.05) is 71.5 Å². The van der Waals surface area contributed by atoms with Gasteiger partial charge in [0, 0.05) is 57.4 Å². The molecule has 3 saturated heterocycles. The topological polar surface area (TPSA) is 82.6 Å². The van der Waals surface area contributed by atoms with Crippen LogP contribution < -0.4 is 9.64 Å². The molecular formula is C34H46F3N3O5. The van der Waals surface area contributed by atoms with E-state index >= 15 is 0 Å². The van der Waals surface area contributed by atoms with Gasteiger partial charge in [-0.05, 0) is 68.6 Å². The van der Waals surface area contributed by atoms with Crippen LogP contribution in [0.3, 0.4) is 0 Å². The number of carboxylic acids is 1. The normalized spacial score (nSPS) is 22.7. The molecule has 1 amide bonds. The molecule has 11 heteroatoms. The first-order chi connectivity index (χ1) is 21.5. The molecule has 2 unspecified atom stereocenters. The largest absolute Gasteiger partial charge is 0.497 e. The maximum Gasteiger partial charge on any atom is 0.416 e. The van der Waals surface area contributed by atoms with Gasteiger partial charge >= 0.3 is 12.1 Å². The second-order valence-corrected chi connectivity index (χ2v) is 12.2. The highest BCUT2D eigenvalue weighted by molar-refractivity contribution is 5.80. The summed E-state index contributed by atoms with van der Waals surface area (Å²) in [5.41, 5.74) is 0.551. The Kier molecular flexibility index (Phi) is 12.1. The molecule has 248 valence electrons. The number of piperidine rings is 1. The van der Waals surface area contributed by atoms with Crippen molar-refractivity contribution in [2.24, 2.45) is 17.8 Å². The monoisotopic (exact) mass is 633 g/mol. The molecule has 3 fully saturated rings. The molecule has 0 bridgehead atoms. The number of hydrogen-bond acceptors (Lipinski definition) is 6. The summed E-state index contributed by atoms with van der Waals surface area (Å²) in [7, 11) is 3.26. The number of hydrogen-bond donors (Lipinski definition) is 1. The molecule has 3 aliphatic rings. The predicted molar refractivity (Wildman–Crippen MR) is 167 cm³/mol. The van der Waals surface area contributed by atoms with Gasteiger partial charge in [0.25, 0.3) is 0 Å². The molecule has 2 aromatic carbocycles. The molecule has 2 aromatic rings. The first-order valence-electron chi connectivity index (χ1n) is 15.8. The number of methoxy groups -OCH3 is 2. The molecule has 1 N–H and O–H groups in total. The lowest BCUT2D eigenvalue weighted by Gasteiger charge is -2.35. The van der Waals surface area contributed by atoms with Crippen molar-refractivity contribution in [1.82, 2.24) is 9.80 Å². The third-order valence-electron chi connectivity index (χ3n) is 9.22. The summed E-state index contributed by atoms with van der Waals surface area (Å²) in [6.45, 7) is 6.90. The first-order valence-corrected chi connectivity index (χ1v) is 15.8. The number of nitrogens with zero attached hydrogens (tertiary/aromatic N) is 3. The lowest BCUT2D eigenvalue weighted by Crippen LogP contribution is -2.37. The molecule has 5 rings (SSSR count). The Morgan fingerprint density at radius 1 is 0.933 bits per heavy atom. The van der Waals surface area contributed by atoms with Gasteiger partial charge in [0.05, 0.1) is 31.1 Å². The van der Waals surface area contributed by atoms with Gasteiger partial charge in [0.2, 0.25) is 5.91 Å². The standard InChI is InChI=1S/C27H38F3N3O4.C7H8O/c1-3-9-31-10-6-19(14-31)25(34)33-15-20(17-37-2)23(16-33)22-5-4-21(27(28,29)30)13-24(22)32-11-7-18(8-12-32)26(35)36;1-8-7-5-3-2-4-6-7/h4-5,13,18-20,23H,3,6-12,14-17H2,1-2H3,(H,35,36);2-6H,1H3/t19?,20-,23?;/m1./s1. The fraction of sp³-hybridized carbons (Fsp3) is 0.588. The summed E-state index contributed by atoms with van der Waals surface area (Å²) in [4.78, 5) is 30.9. The molecule has 45 heavy (non-hydrogen) atoms. The van der Waals surface area contributed by atoms with E-state index in [1.165, 1.54) is 6.07 Å². The predicted octanol–water partition coefficient (Wildman–Crippen LogP) is 5.62. The van der Waals surface area contributed by atoms with Gasteiger partial charge in [-0.25, -0.2) is 0 Å². The Hall–Kier alpha value is -3.31. The van der Waals surface area contributed by atoms with Crippen molar-refractivity contribution in [2.45, 2.75) is 44.7 Å². The number of carboxylic acid groups (broad SMARTS) is 1. The summed E-state index contributed by atoms with van der Waals surface area (Å²) in [5, 5.41) is 9.36. The molecular weight excluding hydrogens is 587 g/mol. The van der Waals surface area contributed by atoms with Gasteiger partial charge in [0.1, 0.15) is 5.75 Å². The minimum atomic E-state index is -4.48. The van der Waals surface area contributed by atoms with Crippen LogP contribution >= 0.6 is 0 Å². The molecule has 0 saturated carbocycles. The Labute approximate surface area is 264 Å². The number of amides is 1. The minimum absolute atomic E-state index is 0.0332. The quantitative estimate of drug-likeness (QED) is 0.384. The Morgan fingerprint density at radius 3 is 2.20 bits per heavy atom. The Balaban J connectivity index is 0.000000501. The highest BCUT2D eigenvalue weighted by Gasteiger charge is 2.42. The van der Waals surface area contributed by atoms with Crippen molar-refractivity contribution < 1.29 is 37.3 Å². The van der Waals surface area contributed by atoms with Gasteiger partial charge in [0.15, 0.2) is 0 Å². The maximum absolute atomic E-state index is 13.7. The van der Waals surface area contributed by atoms with E-state index in [1.54, 1.807) is 20.3 Å². The lowest BCUT2D eigenvalue weighted by atomic mass is 9.86. The van der Waals surface area contributed by atoms with E-state index in [1.807, 2.05) is 40.1 Å². The fourth-order valence-corrected chi connectivity index (χ4v) is 6.83. The maximum atomic E-state index is 13.7. The zero-order chi connectivity index (χ0) is 32.6. The molecule has 3 heterocycles. The molecule has 0 aromatic heterocycles. The third kappa shape index (κ3) is 8.91. The number of carbonyl (C=O) groups excluding carboxylic acids is 1. The minimum Gasteiger partial charge on any atom is -0.497 e. The molecule has 0 spiro atoms. The van der Waals surface area contributed by atoms with Crippen LogP contribution in [0.2, 0.25) is 0 Å². The molecule has 3 aliphatic heterocycles. The smallest absolute Gasteiger partial charge is 0.416 e. The summed E-state index contributed by atoms with van der Waals surface area (Å²) in [6.07, 6.45) is -1.83. The summed E-state index contributed by atoms with van der Waals surface area (Å²) in [5.74, 6) is -0.551. The average Bonchev–Trinajstić information content (AvgIpc) is 3.69. The van der Waals surface area contributed by atoms with Crippen molar-refractivity contribution in [1.29, 1.82) is 0 Å². The van der Waals surface area contributed by atoms with Crippen LogP contribution in [-0.4, -0.2) is 93.4 Å². The highest BCUT2D eigenvalue weighted by atomic mass is 19.4. The third-order valence-corrected chi connectivity index (χ3v) is 9.22. The van der Waals surface area contributed by atoms with Crippen LogP contribution in [0.25, 0.3) is 0 Å². The van der Waals surface area contributed by atoms with E-state index in [2.05, 4.69) is 11.8 Å². The number of para-hydroxylation sites is 1. The number of halogens is 3. The number of benzene rings is 2. The van der Waals surface area contributed by atoms with Crippen LogP contribution in [0.4, 0.5) is 18.9 Å². The van der Waals surface area contributed by atoms with Crippen molar-refractivity contribution in [3.63, 3.8) is 0 Å². The number of alkyl halides is 3. The van der Waals surface area contributed by atoms with Crippen LogP contribution in [-0.2, 0) is 20.5 Å². The van der Waals surface area contributed by atoms with Crippen LogP contribution in [0, 0.1) is 17.8 Å². The lowest BCUT2D eigenvalue weighted by molar-refractivity contribution is -0.142. The number of ether oxygens (including phenoxy) is 2. The van der Waals surface area contributed by atoms with E-state index in [4.69, 9.17) is 9.47 Å². The van der Waals surface area contributed by atoms with E-state index in [0.717, 1.165) is 49.9 Å². The van der Waals surface area contributed by atoms with Gasteiger partial charge in [-0.15, -0.1) is 0 Å². The van der Waals surface area contributed by atoms with Crippen LogP contribution in [0.15, 0.2) is 48.5 Å². The fourth-order valence-electron chi connectivity index (χ4n) is 6.83. The zero-order valence-electron chi connectivity index (χ0n) is 26.5. The number of aliphatic carboxylic acids is 1. The zero-order valence-corrected chi connectivity index (χ0v) is 26.5. The first kappa shape index (κ1) is 34.6. The van der Waals surface area contributed by atoms with Crippen molar-refractivity contribution in [3.05, 3.63) is 59.7 Å². The summed E-state index contributed by atoms with van der Waals surface area (Å²) < 4.78 is 51.4. The average molecular weight is 634 g/mol. The Morgan fingerprint density at radius 2 is 1.62 bits per heavy atom. The molecule has 0 radical (unpaired) electrons. The number of rotatable bonds is 9. The van der Waals surface area contributed by atoms with Crippen LogP contribution in [0.5, 0.6) is 5.75 Å². The second-order valence-electron chi connectivity index (χ2n) is 12.2. The van der Waals surface area contributed by atoms with Gasteiger partial charge in [-0.1, -0.05) is 31.2 Å². The summed E-state index contributed by atoms with van der Waals surface area (Å²) >= 11 is 0. The highest BCUT2D eigenvalue weighted by Crippen LogP contribution is 2.42. The number of anilines is 1. The van der Waals surface area contributed by atoms with Gasteiger partial charge < -0.3 is 29.3 Å². The Bertz CT molecular complexity index is 1250. The van der Waals surface area contributed by atoms with Gasteiger partial charge in [-0.3, -0.25) is 9.59 Å². The second kappa shape index (κ2) is 15.8. The van der Waals surface area contributed by atoms with Gasteiger partial charge in [-0.2, -0.15) is 13.2 Å². The molecule has 0 aliphatic carbocycles. The van der Waals surface area contributed by atoms with Crippen molar-refractivity contribution in [3.8, 4) is 5.75 Å². The summed E-state index contributed by atoms with van der Waals surface area (Å²) in [6, 6.07) is 13.6. The van der Waals surface area contributed by atoms with E-state index in [-0.39, 0.29) is 23.7 Å². The molecule has 8 nitrogen and oxygen atoms in total. The molecule has 3 atom stereocenters. The number of carbonyl (C=O) groups is 2. The van der Waals surface area contributed by atoms with E-state index in [0.29, 0.717) is 51.3 Å².